The highest BCUT2D eigenvalue weighted by atomic mass is 32.1. The fourth-order valence-electron chi connectivity index (χ4n) is 3.18. The van der Waals surface area contributed by atoms with Crippen molar-refractivity contribution in [1.29, 1.82) is 0 Å². The first-order valence-corrected chi connectivity index (χ1v) is 10.8. The number of aryl methyl sites for hydroxylation is 2. The molecule has 0 aliphatic carbocycles. The number of thiazole rings is 1. The van der Waals surface area contributed by atoms with Crippen LogP contribution < -0.4 is 9.64 Å². The number of hydrogen-bond donors (Lipinski definition) is 0. The van der Waals surface area contributed by atoms with E-state index in [1.54, 1.807) is 11.3 Å². The van der Waals surface area contributed by atoms with Crippen molar-refractivity contribution in [2.24, 2.45) is 0 Å². The summed E-state index contributed by atoms with van der Waals surface area (Å²) >= 11 is 1.58. The van der Waals surface area contributed by atoms with Crippen LogP contribution in [0.2, 0.25) is 0 Å². The minimum Gasteiger partial charge on any atom is -0.494 e. The lowest BCUT2D eigenvalue weighted by Crippen LogP contribution is -2.33. The quantitative estimate of drug-likeness (QED) is 0.528. The molecule has 6 heteroatoms. The van der Waals surface area contributed by atoms with E-state index in [2.05, 4.69) is 30.9 Å². The molecule has 0 aliphatic heterocycles. The standard InChI is InChI=1S/C23H29N3O2S/c1-6-28-19-11-9-18(10-12-19)22(27)26(15-7-14-25(4)5)23-24-21-17(3)16(2)8-13-20(21)29-23/h8-13H,6-7,14-15H2,1-5H3. The topological polar surface area (TPSA) is 45.7 Å². The number of nitrogens with zero attached hydrogens (tertiary/aromatic N) is 3. The van der Waals surface area contributed by atoms with E-state index in [0.29, 0.717) is 18.7 Å². The Morgan fingerprint density at radius 1 is 1.07 bits per heavy atom. The molecule has 0 fully saturated rings. The van der Waals surface area contributed by atoms with Crippen molar-refractivity contribution < 1.29 is 9.53 Å². The van der Waals surface area contributed by atoms with Gasteiger partial charge in [0.2, 0.25) is 0 Å². The van der Waals surface area contributed by atoms with Crippen LogP contribution >= 0.6 is 11.3 Å². The lowest BCUT2D eigenvalue weighted by molar-refractivity contribution is 0.0986. The molecule has 0 N–H and O–H groups in total. The maximum absolute atomic E-state index is 13.4. The first kappa shape index (κ1) is 21.3. The summed E-state index contributed by atoms with van der Waals surface area (Å²) in [5.41, 5.74) is 4.02. The van der Waals surface area contributed by atoms with Gasteiger partial charge in [-0.1, -0.05) is 17.4 Å². The Morgan fingerprint density at radius 2 is 1.79 bits per heavy atom. The van der Waals surface area contributed by atoms with Crippen molar-refractivity contribution in [2.45, 2.75) is 27.2 Å². The van der Waals surface area contributed by atoms with Crippen LogP contribution in [0.25, 0.3) is 10.2 Å². The van der Waals surface area contributed by atoms with Gasteiger partial charge < -0.3 is 9.64 Å². The maximum Gasteiger partial charge on any atom is 0.260 e. The van der Waals surface area contributed by atoms with Gasteiger partial charge in [-0.2, -0.15) is 0 Å². The maximum atomic E-state index is 13.4. The zero-order valence-corrected chi connectivity index (χ0v) is 18.7. The van der Waals surface area contributed by atoms with Gasteiger partial charge >= 0.3 is 0 Å². The average molecular weight is 412 g/mol. The van der Waals surface area contributed by atoms with Gasteiger partial charge in [0.15, 0.2) is 5.13 Å². The number of fused-ring (bicyclic) bond motifs is 1. The fraction of sp³-hybridized carbons (Fsp3) is 0.391. The fourth-order valence-corrected chi connectivity index (χ4v) is 4.22. The SMILES string of the molecule is CCOc1ccc(C(=O)N(CCCN(C)C)c2nc3c(C)c(C)ccc3s2)cc1. The molecule has 0 saturated carbocycles. The van der Waals surface area contributed by atoms with Crippen molar-refractivity contribution >= 4 is 32.6 Å². The third-order valence-electron chi connectivity index (χ3n) is 4.95. The minimum atomic E-state index is -0.0276. The Kier molecular flexibility index (Phi) is 6.87. The molecule has 3 aromatic rings. The predicted molar refractivity (Wildman–Crippen MR) is 122 cm³/mol. The second-order valence-electron chi connectivity index (χ2n) is 7.42. The van der Waals surface area contributed by atoms with Gasteiger partial charge in [0.1, 0.15) is 5.75 Å². The van der Waals surface area contributed by atoms with E-state index < -0.39 is 0 Å². The molecule has 0 spiro atoms. The molecular formula is C23H29N3O2S. The molecule has 2 aromatic carbocycles. The second-order valence-corrected chi connectivity index (χ2v) is 8.43. The smallest absolute Gasteiger partial charge is 0.260 e. The minimum absolute atomic E-state index is 0.0276. The van der Waals surface area contributed by atoms with Crippen LogP contribution in [0.3, 0.4) is 0 Å². The molecule has 1 heterocycles. The molecule has 0 unspecified atom stereocenters. The molecule has 0 radical (unpaired) electrons. The molecule has 1 amide bonds. The van der Waals surface area contributed by atoms with Crippen molar-refractivity contribution in [2.75, 3.05) is 38.7 Å². The number of aromatic nitrogens is 1. The molecule has 0 atom stereocenters. The van der Waals surface area contributed by atoms with E-state index in [1.807, 2.05) is 50.2 Å². The molecule has 3 rings (SSSR count). The van der Waals surface area contributed by atoms with Crippen LogP contribution in [0, 0.1) is 13.8 Å². The van der Waals surface area contributed by atoms with Gasteiger partial charge in [-0.3, -0.25) is 9.69 Å². The summed E-state index contributed by atoms with van der Waals surface area (Å²) in [6.45, 7) is 8.27. The number of amides is 1. The van der Waals surface area contributed by atoms with Gasteiger partial charge in [-0.05, 0) is 89.3 Å². The van der Waals surface area contributed by atoms with Gasteiger partial charge in [0, 0.05) is 12.1 Å². The molecular weight excluding hydrogens is 382 g/mol. The number of benzene rings is 2. The Bertz CT molecular complexity index is 980. The molecule has 0 aliphatic rings. The number of ether oxygens (including phenoxy) is 1. The second kappa shape index (κ2) is 9.37. The van der Waals surface area contributed by atoms with Crippen LogP contribution in [0.15, 0.2) is 36.4 Å². The number of anilines is 1. The monoisotopic (exact) mass is 411 g/mol. The zero-order chi connectivity index (χ0) is 21.0. The summed E-state index contributed by atoms with van der Waals surface area (Å²) < 4.78 is 6.61. The summed E-state index contributed by atoms with van der Waals surface area (Å²) in [6.07, 6.45) is 0.879. The van der Waals surface area contributed by atoms with Crippen LogP contribution in [0.4, 0.5) is 5.13 Å². The summed E-state index contributed by atoms with van der Waals surface area (Å²) in [5.74, 6) is 0.745. The highest BCUT2D eigenvalue weighted by molar-refractivity contribution is 7.22. The van der Waals surface area contributed by atoms with Crippen LogP contribution in [0.5, 0.6) is 5.75 Å². The van der Waals surface area contributed by atoms with Crippen molar-refractivity contribution in [3.63, 3.8) is 0 Å². The van der Waals surface area contributed by atoms with E-state index in [1.165, 1.54) is 11.1 Å². The number of hydrogen-bond acceptors (Lipinski definition) is 5. The van der Waals surface area contributed by atoms with Gasteiger partial charge in [-0.15, -0.1) is 0 Å². The third-order valence-corrected chi connectivity index (χ3v) is 5.99. The van der Waals surface area contributed by atoms with E-state index >= 15 is 0 Å². The molecule has 1 aromatic heterocycles. The van der Waals surface area contributed by atoms with Gasteiger partial charge in [-0.25, -0.2) is 4.98 Å². The Morgan fingerprint density at radius 3 is 2.45 bits per heavy atom. The zero-order valence-electron chi connectivity index (χ0n) is 17.9. The molecule has 5 nitrogen and oxygen atoms in total. The number of carbonyl (C=O) groups is 1. The Labute approximate surface area is 176 Å². The summed E-state index contributed by atoms with van der Waals surface area (Å²) in [4.78, 5) is 22.2. The first-order valence-electron chi connectivity index (χ1n) is 9.97. The normalized spacial score (nSPS) is 11.2. The van der Waals surface area contributed by atoms with Crippen molar-refractivity contribution in [1.82, 2.24) is 9.88 Å². The van der Waals surface area contributed by atoms with E-state index in [4.69, 9.17) is 9.72 Å². The predicted octanol–water partition coefficient (Wildman–Crippen LogP) is 4.91. The van der Waals surface area contributed by atoms with Crippen LogP contribution in [-0.4, -0.2) is 49.6 Å². The Balaban J connectivity index is 1.93. The summed E-state index contributed by atoms with van der Waals surface area (Å²) in [6, 6.07) is 11.6. The lowest BCUT2D eigenvalue weighted by Gasteiger charge is -2.21. The summed E-state index contributed by atoms with van der Waals surface area (Å²) in [5, 5.41) is 0.756. The summed E-state index contributed by atoms with van der Waals surface area (Å²) in [7, 11) is 4.09. The van der Waals surface area contributed by atoms with Gasteiger partial charge in [0.25, 0.3) is 5.91 Å². The third kappa shape index (κ3) is 4.95. The average Bonchev–Trinajstić information content (AvgIpc) is 3.13. The molecule has 0 bridgehead atoms. The molecule has 0 saturated heterocycles. The van der Waals surface area contributed by atoms with E-state index in [9.17, 15) is 4.79 Å². The molecule has 29 heavy (non-hydrogen) atoms. The highest BCUT2D eigenvalue weighted by Crippen LogP contribution is 2.33. The number of rotatable bonds is 8. The highest BCUT2D eigenvalue weighted by Gasteiger charge is 2.22. The Hall–Kier alpha value is -2.44. The number of carbonyl (C=O) groups excluding carboxylic acids is 1. The van der Waals surface area contributed by atoms with Crippen molar-refractivity contribution in [3.05, 3.63) is 53.1 Å². The lowest BCUT2D eigenvalue weighted by atomic mass is 10.1. The molecule has 154 valence electrons. The van der Waals surface area contributed by atoms with E-state index in [0.717, 1.165) is 34.1 Å². The van der Waals surface area contributed by atoms with Crippen LogP contribution in [-0.2, 0) is 0 Å². The van der Waals surface area contributed by atoms with Crippen molar-refractivity contribution in [3.8, 4) is 5.75 Å². The van der Waals surface area contributed by atoms with E-state index in [-0.39, 0.29) is 5.91 Å². The first-order chi connectivity index (χ1) is 13.9. The van der Waals surface area contributed by atoms with Crippen LogP contribution in [0.1, 0.15) is 34.8 Å². The largest absolute Gasteiger partial charge is 0.494 e. The van der Waals surface area contributed by atoms with Gasteiger partial charge in [0.05, 0.1) is 16.8 Å².